The molecule has 0 saturated heterocycles. The van der Waals surface area contributed by atoms with Crippen molar-refractivity contribution < 1.29 is 26.3 Å². The maximum absolute atomic E-state index is 12.5. The van der Waals surface area contributed by atoms with Crippen LogP contribution in [0.1, 0.15) is 26.2 Å². The van der Waals surface area contributed by atoms with Crippen LogP contribution in [0.5, 0.6) is 0 Å². The fraction of sp³-hybridized carbons (Fsp3) is 0.778. The highest BCUT2D eigenvalue weighted by molar-refractivity contribution is 5.11. The van der Waals surface area contributed by atoms with Crippen LogP contribution in [-0.4, -0.2) is 12.4 Å². The van der Waals surface area contributed by atoms with Gasteiger partial charge in [-0.3, -0.25) is 0 Å². The van der Waals surface area contributed by atoms with Crippen molar-refractivity contribution in [3.05, 3.63) is 11.6 Å². The Balaban J connectivity index is 3.12. The minimum Gasteiger partial charge on any atom is -0.170 e. The van der Waals surface area contributed by atoms with Crippen molar-refractivity contribution in [2.24, 2.45) is 5.41 Å². The molecule has 0 amide bonds. The molecule has 0 aromatic rings. The van der Waals surface area contributed by atoms with Crippen LogP contribution in [0.2, 0.25) is 0 Å². The zero-order chi connectivity index (χ0) is 11.9. The predicted octanol–water partition coefficient (Wildman–Crippen LogP) is 4.23. The molecular weight excluding hydrogens is 222 g/mol. The summed E-state index contributed by atoms with van der Waals surface area (Å²) in [6, 6.07) is 0. The Morgan fingerprint density at radius 1 is 1.07 bits per heavy atom. The molecule has 88 valence electrons. The van der Waals surface area contributed by atoms with Crippen LogP contribution in [0.25, 0.3) is 0 Å². The zero-order valence-corrected chi connectivity index (χ0v) is 7.97. The highest BCUT2D eigenvalue weighted by atomic mass is 19.4. The summed E-state index contributed by atoms with van der Waals surface area (Å²) in [5, 5.41) is 0. The van der Waals surface area contributed by atoms with Gasteiger partial charge in [0.05, 0.1) is 0 Å². The summed E-state index contributed by atoms with van der Waals surface area (Å²) in [6.45, 7) is 1.54. The average Bonchev–Trinajstić information content (AvgIpc) is 2.00. The van der Waals surface area contributed by atoms with E-state index in [0.29, 0.717) is 5.57 Å². The van der Waals surface area contributed by atoms with Crippen molar-refractivity contribution in [3.63, 3.8) is 0 Å². The van der Waals surface area contributed by atoms with Crippen molar-refractivity contribution >= 4 is 0 Å². The van der Waals surface area contributed by atoms with E-state index < -0.39 is 30.6 Å². The molecule has 0 saturated carbocycles. The molecule has 15 heavy (non-hydrogen) atoms. The first-order valence-electron chi connectivity index (χ1n) is 4.39. The minimum atomic E-state index is -5.23. The fourth-order valence-electron chi connectivity index (χ4n) is 1.64. The lowest BCUT2D eigenvalue weighted by Crippen LogP contribution is -2.50. The molecule has 0 N–H and O–H groups in total. The van der Waals surface area contributed by atoms with Crippen molar-refractivity contribution in [3.8, 4) is 0 Å². The molecule has 0 bridgehead atoms. The SMILES string of the molecule is CC1=CCC(C(F)(F)F)(C(F)(F)F)CC1. The van der Waals surface area contributed by atoms with Gasteiger partial charge in [0.25, 0.3) is 0 Å². The third-order valence-corrected chi connectivity index (χ3v) is 2.83. The molecule has 1 rings (SSSR count). The highest BCUT2D eigenvalue weighted by Crippen LogP contribution is 2.57. The van der Waals surface area contributed by atoms with E-state index in [4.69, 9.17) is 0 Å². The van der Waals surface area contributed by atoms with Crippen LogP contribution in [0.3, 0.4) is 0 Å². The van der Waals surface area contributed by atoms with Gasteiger partial charge in [0.2, 0.25) is 0 Å². The number of allylic oxidation sites excluding steroid dienone is 2. The summed E-state index contributed by atoms with van der Waals surface area (Å²) in [7, 11) is 0. The van der Waals surface area contributed by atoms with Gasteiger partial charge in [-0.05, 0) is 26.2 Å². The van der Waals surface area contributed by atoms with Crippen molar-refractivity contribution in [2.45, 2.75) is 38.5 Å². The molecule has 0 aromatic heterocycles. The lowest BCUT2D eigenvalue weighted by atomic mass is 9.74. The highest BCUT2D eigenvalue weighted by Gasteiger charge is 2.69. The summed E-state index contributed by atoms with van der Waals surface area (Å²) in [5.41, 5.74) is -2.96. The van der Waals surface area contributed by atoms with Crippen LogP contribution in [0, 0.1) is 5.41 Å². The number of rotatable bonds is 0. The second-order valence-electron chi connectivity index (χ2n) is 3.83. The average molecular weight is 232 g/mol. The molecule has 0 aromatic carbocycles. The first kappa shape index (κ1) is 12.4. The molecule has 0 atom stereocenters. The van der Waals surface area contributed by atoms with Gasteiger partial charge in [-0.2, -0.15) is 26.3 Å². The normalized spacial score (nSPS) is 22.5. The molecule has 1 aliphatic rings. The fourth-order valence-corrected chi connectivity index (χ4v) is 1.64. The Bertz CT molecular complexity index is 255. The number of hydrogen-bond donors (Lipinski definition) is 0. The minimum absolute atomic E-state index is 0.154. The van der Waals surface area contributed by atoms with Gasteiger partial charge in [0, 0.05) is 0 Å². The van der Waals surface area contributed by atoms with Gasteiger partial charge >= 0.3 is 12.4 Å². The second kappa shape index (κ2) is 3.42. The van der Waals surface area contributed by atoms with E-state index in [1.165, 1.54) is 6.92 Å². The summed E-state index contributed by atoms with van der Waals surface area (Å²) < 4.78 is 74.8. The third kappa shape index (κ3) is 1.99. The van der Waals surface area contributed by atoms with Crippen molar-refractivity contribution in [1.29, 1.82) is 0 Å². The Hall–Kier alpha value is -0.680. The summed E-state index contributed by atoms with van der Waals surface area (Å²) >= 11 is 0. The lowest BCUT2D eigenvalue weighted by molar-refractivity contribution is -0.343. The molecule has 1 aliphatic carbocycles. The van der Waals surface area contributed by atoms with Crippen molar-refractivity contribution in [1.82, 2.24) is 0 Å². The Labute approximate surface area is 83.0 Å². The Morgan fingerprint density at radius 2 is 1.53 bits per heavy atom. The molecule has 0 radical (unpaired) electrons. The van der Waals surface area contributed by atoms with Crippen LogP contribution >= 0.6 is 0 Å². The summed E-state index contributed by atoms with van der Waals surface area (Å²) in [6.07, 6.45) is -11.5. The Morgan fingerprint density at radius 3 is 1.80 bits per heavy atom. The smallest absolute Gasteiger partial charge is 0.170 e. The summed E-state index contributed by atoms with van der Waals surface area (Å²) in [4.78, 5) is 0. The second-order valence-corrected chi connectivity index (χ2v) is 3.83. The molecule has 6 heteroatoms. The number of halogens is 6. The van der Waals surface area contributed by atoms with Crippen LogP contribution in [0.4, 0.5) is 26.3 Å². The van der Waals surface area contributed by atoms with E-state index in [1.54, 1.807) is 0 Å². The maximum atomic E-state index is 12.5. The molecule has 0 heterocycles. The largest absolute Gasteiger partial charge is 0.403 e. The maximum Gasteiger partial charge on any atom is 0.403 e. The van der Waals surface area contributed by atoms with Gasteiger partial charge in [-0.25, -0.2) is 0 Å². The molecule has 0 spiro atoms. The van der Waals surface area contributed by atoms with Gasteiger partial charge in [0.1, 0.15) is 0 Å². The molecule has 0 fully saturated rings. The predicted molar refractivity (Wildman–Crippen MR) is 42.2 cm³/mol. The van der Waals surface area contributed by atoms with E-state index in [9.17, 15) is 26.3 Å². The standard InChI is InChI=1S/C9H10F6/c1-6-2-4-7(5-3-6,8(10,11)12)9(13,14)15/h2H,3-5H2,1H3. The Kier molecular flexibility index (Phi) is 2.82. The molecule has 0 nitrogen and oxygen atoms in total. The van der Waals surface area contributed by atoms with E-state index in [-0.39, 0.29) is 6.42 Å². The van der Waals surface area contributed by atoms with Gasteiger partial charge in [-0.1, -0.05) is 11.6 Å². The van der Waals surface area contributed by atoms with Gasteiger partial charge in [-0.15, -0.1) is 0 Å². The van der Waals surface area contributed by atoms with E-state index in [1.807, 2.05) is 0 Å². The van der Waals surface area contributed by atoms with Crippen molar-refractivity contribution in [2.75, 3.05) is 0 Å². The monoisotopic (exact) mass is 232 g/mol. The van der Waals surface area contributed by atoms with E-state index in [0.717, 1.165) is 6.08 Å². The third-order valence-electron chi connectivity index (χ3n) is 2.83. The first-order valence-corrected chi connectivity index (χ1v) is 4.39. The number of hydrogen-bond acceptors (Lipinski definition) is 0. The van der Waals surface area contributed by atoms with Crippen LogP contribution < -0.4 is 0 Å². The lowest BCUT2D eigenvalue weighted by Gasteiger charge is -2.39. The summed E-state index contributed by atoms with van der Waals surface area (Å²) in [5.74, 6) is 0. The van der Waals surface area contributed by atoms with Crippen LogP contribution in [-0.2, 0) is 0 Å². The topological polar surface area (TPSA) is 0 Å². The number of alkyl halides is 6. The quantitative estimate of drug-likeness (QED) is 0.433. The van der Waals surface area contributed by atoms with Gasteiger partial charge in [0.15, 0.2) is 5.41 Å². The molecule has 0 aliphatic heterocycles. The van der Waals surface area contributed by atoms with E-state index >= 15 is 0 Å². The van der Waals surface area contributed by atoms with Gasteiger partial charge < -0.3 is 0 Å². The molecule has 0 unspecified atom stereocenters. The van der Waals surface area contributed by atoms with E-state index in [2.05, 4.69) is 0 Å². The zero-order valence-electron chi connectivity index (χ0n) is 7.97. The van der Waals surface area contributed by atoms with Crippen LogP contribution in [0.15, 0.2) is 11.6 Å². The first-order chi connectivity index (χ1) is 6.60. The molecular formula is C9H10F6.